The molecule has 1 aromatic carbocycles. The number of amides is 1. The molecule has 2 aromatic heterocycles. The monoisotopic (exact) mass is 417 g/mol. The molecule has 4 rings (SSSR count). The van der Waals surface area contributed by atoms with Crippen LogP contribution in [0.4, 0.5) is 5.13 Å². The smallest absolute Gasteiger partial charge is 0.253 e. The fourth-order valence-corrected chi connectivity index (χ4v) is 4.77. The highest BCUT2D eigenvalue weighted by molar-refractivity contribution is 7.15. The molecule has 0 unspecified atom stereocenters. The third-order valence-corrected chi connectivity index (χ3v) is 6.88. The minimum Gasteiger partial charge on any atom is -0.464 e. The van der Waals surface area contributed by atoms with Crippen LogP contribution in [0, 0.1) is 19.8 Å². The minimum absolute atomic E-state index is 0.108. The lowest BCUT2D eigenvalue weighted by Gasteiger charge is -2.29. The highest BCUT2D eigenvalue weighted by atomic mass is 35.5. The van der Waals surface area contributed by atoms with Gasteiger partial charge in [0.1, 0.15) is 5.58 Å². The Labute approximate surface area is 173 Å². The Bertz CT molecular complexity index is 969. The van der Waals surface area contributed by atoms with Crippen LogP contribution in [0.3, 0.4) is 0 Å². The lowest BCUT2D eigenvalue weighted by Crippen LogP contribution is -2.38. The second kappa shape index (κ2) is 8.13. The summed E-state index contributed by atoms with van der Waals surface area (Å²) in [4.78, 5) is 18.5. The molecule has 28 heavy (non-hydrogen) atoms. The van der Waals surface area contributed by atoms with Crippen LogP contribution >= 0.6 is 22.9 Å². The number of thiazole rings is 1. The molecule has 0 spiro atoms. The summed E-state index contributed by atoms with van der Waals surface area (Å²) >= 11 is 7.99. The SMILES string of the molecule is Cc1nc(NC[C@H]2CC[C@H](NC(=O)c3cc4ccoc4cc3Cl)CC2)sc1C. The van der Waals surface area contributed by atoms with Crippen LogP contribution in [0.15, 0.2) is 28.9 Å². The number of fused-ring (bicyclic) bond motifs is 1. The summed E-state index contributed by atoms with van der Waals surface area (Å²) < 4.78 is 5.33. The minimum atomic E-state index is -0.108. The van der Waals surface area contributed by atoms with Gasteiger partial charge in [0, 0.05) is 28.9 Å². The topological polar surface area (TPSA) is 67.2 Å². The molecule has 0 saturated heterocycles. The van der Waals surface area contributed by atoms with Gasteiger partial charge in [0.05, 0.1) is 22.5 Å². The van der Waals surface area contributed by atoms with Crippen LogP contribution < -0.4 is 10.6 Å². The van der Waals surface area contributed by atoms with E-state index in [1.807, 2.05) is 13.0 Å². The molecule has 0 radical (unpaired) electrons. The predicted molar refractivity (Wildman–Crippen MR) is 115 cm³/mol. The fraction of sp³-hybridized carbons (Fsp3) is 0.429. The number of rotatable bonds is 5. The van der Waals surface area contributed by atoms with Crippen LogP contribution in [-0.4, -0.2) is 23.5 Å². The number of nitrogens with one attached hydrogen (secondary N) is 2. The Morgan fingerprint density at radius 3 is 2.79 bits per heavy atom. The Balaban J connectivity index is 1.28. The van der Waals surface area contributed by atoms with Crippen LogP contribution in [0.25, 0.3) is 11.0 Å². The number of hydrogen-bond acceptors (Lipinski definition) is 5. The van der Waals surface area contributed by atoms with Crippen molar-refractivity contribution in [3.05, 3.63) is 45.6 Å². The summed E-state index contributed by atoms with van der Waals surface area (Å²) in [7, 11) is 0. The maximum absolute atomic E-state index is 12.7. The zero-order valence-corrected chi connectivity index (χ0v) is 17.6. The summed E-state index contributed by atoms with van der Waals surface area (Å²) in [6, 6.07) is 5.54. The van der Waals surface area contributed by atoms with Gasteiger partial charge in [-0.05, 0) is 57.6 Å². The molecule has 1 amide bonds. The number of halogens is 1. The first-order valence-electron chi connectivity index (χ1n) is 9.65. The Morgan fingerprint density at radius 1 is 1.29 bits per heavy atom. The van der Waals surface area contributed by atoms with Crippen LogP contribution in [0.5, 0.6) is 0 Å². The van der Waals surface area contributed by atoms with Gasteiger partial charge in [-0.3, -0.25) is 4.79 Å². The molecule has 0 aliphatic heterocycles. The second-order valence-electron chi connectivity index (χ2n) is 7.52. The average molecular weight is 418 g/mol. The number of hydrogen-bond donors (Lipinski definition) is 2. The Morgan fingerprint density at radius 2 is 2.07 bits per heavy atom. The normalized spacial score (nSPS) is 19.7. The maximum atomic E-state index is 12.7. The van der Waals surface area contributed by atoms with Crippen molar-refractivity contribution in [1.82, 2.24) is 10.3 Å². The zero-order valence-electron chi connectivity index (χ0n) is 16.0. The van der Waals surface area contributed by atoms with Crippen LogP contribution in [-0.2, 0) is 0 Å². The van der Waals surface area contributed by atoms with Gasteiger partial charge in [0.25, 0.3) is 5.91 Å². The fourth-order valence-electron chi connectivity index (χ4n) is 3.71. The average Bonchev–Trinajstić information content (AvgIpc) is 3.26. The molecular formula is C21H24ClN3O2S. The second-order valence-corrected chi connectivity index (χ2v) is 9.13. The molecule has 1 saturated carbocycles. The molecule has 7 heteroatoms. The summed E-state index contributed by atoms with van der Waals surface area (Å²) in [5.41, 5.74) is 2.31. The van der Waals surface area contributed by atoms with Gasteiger partial charge in [-0.2, -0.15) is 0 Å². The lowest BCUT2D eigenvalue weighted by molar-refractivity contribution is 0.0923. The van der Waals surface area contributed by atoms with Crippen molar-refractivity contribution in [2.24, 2.45) is 5.92 Å². The molecule has 0 atom stereocenters. The van der Waals surface area contributed by atoms with E-state index in [4.69, 9.17) is 16.0 Å². The van der Waals surface area contributed by atoms with Crippen molar-refractivity contribution >= 4 is 44.9 Å². The number of aryl methyl sites for hydroxylation is 2. The van der Waals surface area contributed by atoms with Gasteiger partial charge < -0.3 is 15.1 Å². The van der Waals surface area contributed by atoms with E-state index in [-0.39, 0.29) is 11.9 Å². The van der Waals surface area contributed by atoms with Crippen LogP contribution in [0.2, 0.25) is 5.02 Å². The molecule has 0 bridgehead atoms. The number of anilines is 1. The van der Waals surface area contributed by atoms with E-state index in [0.29, 0.717) is 22.1 Å². The molecule has 5 nitrogen and oxygen atoms in total. The van der Waals surface area contributed by atoms with Gasteiger partial charge in [0.2, 0.25) is 0 Å². The first-order chi connectivity index (χ1) is 13.5. The van der Waals surface area contributed by atoms with Gasteiger partial charge in [-0.1, -0.05) is 11.6 Å². The maximum Gasteiger partial charge on any atom is 0.253 e. The molecule has 2 heterocycles. The Hall–Kier alpha value is -2.05. The third kappa shape index (κ3) is 4.18. The number of nitrogens with zero attached hydrogens (tertiary/aromatic N) is 1. The van der Waals surface area contributed by atoms with Gasteiger partial charge >= 0.3 is 0 Å². The van der Waals surface area contributed by atoms with Gasteiger partial charge in [-0.25, -0.2) is 4.98 Å². The van der Waals surface area contributed by atoms with Gasteiger partial charge in [0.15, 0.2) is 5.13 Å². The van der Waals surface area contributed by atoms with E-state index in [1.54, 1.807) is 29.7 Å². The van der Waals surface area contributed by atoms with Gasteiger partial charge in [-0.15, -0.1) is 11.3 Å². The highest BCUT2D eigenvalue weighted by Gasteiger charge is 2.24. The van der Waals surface area contributed by atoms with E-state index >= 15 is 0 Å². The number of furan rings is 1. The van der Waals surface area contributed by atoms with E-state index in [9.17, 15) is 4.79 Å². The largest absolute Gasteiger partial charge is 0.464 e. The van der Waals surface area contributed by atoms with Crippen molar-refractivity contribution in [1.29, 1.82) is 0 Å². The van der Waals surface area contributed by atoms with Crippen molar-refractivity contribution in [3.63, 3.8) is 0 Å². The summed E-state index contributed by atoms with van der Waals surface area (Å²) in [5, 5.41) is 8.94. The summed E-state index contributed by atoms with van der Waals surface area (Å²) in [6.07, 6.45) is 5.76. The van der Waals surface area contributed by atoms with Crippen molar-refractivity contribution in [3.8, 4) is 0 Å². The molecule has 1 aliphatic rings. The lowest BCUT2D eigenvalue weighted by atomic mass is 9.86. The summed E-state index contributed by atoms with van der Waals surface area (Å²) in [6.45, 7) is 5.08. The number of benzene rings is 1. The molecule has 2 N–H and O–H groups in total. The van der Waals surface area contributed by atoms with Crippen LogP contribution in [0.1, 0.15) is 46.6 Å². The molecule has 1 fully saturated rings. The van der Waals surface area contributed by atoms with E-state index < -0.39 is 0 Å². The molecular weight excluding hydrogens is 394 g/mol. The zero-order chi connectivity index (χ0) is 19.7. The molecule has 1 aliphatic carbocycles. The highest BCUT2D eigenvalue weighted by Crippen LogP contribution is 2.28. The molecule has 3 aromatic rings. The first-order valence-corrected chi connectivity index (χ1v) is 10.8. The third-order valence-electron chi connectivity index (χ3n) is 5.54. The molecule has 148 valence electrons. The number of carbonyl (C=O) groups excluding carboxylic acids is 1. The van der Waals surface area contributed by atoms with Crippen molar-refractivity contribution in [2.45, 2.75) is 45.6 Å². The Kier molecular flexibility index (Phi) is 5.60. The number of carbonyl (C=O) groups is 1. The van der Waals surface area contributed by atoms with E-state index in [1.165, 1.54) is 4.88 Å². The van der Waals surface area contributed by atoms with Crippen molar-refractivity contribution < 1.29 is 9.21 Å². The quantitative estimate of drug-likeness (QED) is 0.570. The van der Waals surface area contributed by atoms with Crippen molar-refractivity contribution in [2.75, 3.05) is 11.9 Å². The number of aromatic nitrogens is 1. The standard InChI is InChI=1S/C21H24ClN3O2S/c1-12-13(2)28-21(24-12)23-11-14-3-5-16(6-4-14)25-20(26)17-9-15-7-8-27-19(15)10-18(17)22/h7-10,14,16H,3-6,11H2,1-2H3,(H,23,24)(H,25,26)/t14-,16-. The first kappa shape index (κ1) is 19.3. The van der Waals surface area contributed by atoms with E-state index in [0.717, 1.165) is 48.4 Å². The predicted octanol–water partition coefficient (Wildman–Crippen LogP) is 5.56. The summed E-state index contributed by atoms with van der Waals surface area (Å²) in [5.74, 6) is 0.506. The van der Waals surface area contributed by atoms with E-state index in [2.05, 4.69) is 22.5 Å².